The van der Waals surface area contributed by atoms with Crippen molar-refractivity contribution in [3.8, 4) is 0 Å². The molecule has 0 radical (unpaired) electrons. The second-order valence-corrected chi connectivity index (χ2v) is 8.12. The lowest BCUT2D eigenvalue weighted by molar-refractivity contribution is 0.561. The quantitative estimate of drug-likeness (QED) is 0.679. The van der Waals surface area contributed by atoms with Crippen molar-refractivity contribution in [2.75, 3.05) is 0 Å². The number of nitrogens with one attached hydrogen (secondary N) is 1. The Morgan fingerprint density at radius 1 is 1.33 bits per heavy atom. The van der Waals surface area contributed by atoms with E-state index in [2.05, 4.69) is 9.38 Å². The first-order valence-electron chi connectivity index (χ1n) is 6.49. The molecule has 0 aliphatic carbocycles. The van der Waals surface area contributed by atoms with E-state index in [1.807, 2.05) is 20.8 Å². The zero-order chi connectivity index (χ0) is 15.8. The van der Waals surface area contributed by atoms with Crippen molar-refractivity contribution >= 4 is 39.6 Å². The first-order valence-corrected chi connectivity index (χ1v) is 7.97. The number of hydrogen-bond donors (Lipinski definition) is 1. The Labute approximate surface area is 131 Å². The summed E-state index contributed by atoms with van der Waals surface area (Å²) in [5.41, 5.74) is 1.31. The summed E-state index contributed by atoms with van der Waals surface area (Å²) in [6.07, 6.45) is 0. The fourth-order valence-electron chi connectivity index (χ4n) is 1.76. The molecule has 6 heteroatoms. The molecule has 2 rings (SSSR count). The number of benzene rings is 1. The summed E-state index contributed by atoms with van der Waals surface area (Å²) in [4.78, 5) is 14.9. The molecule has 0 aliphatic heterocycles. The van der Waals surface area contributed by atoms with Crippen LogP contribution in [0.15, 0.2) is 33.5 Å². The summed E-state index contributed by atoms with van der Waals surface area (Å²) in [5.74, 6) is 0. The summed E-state index contributed by atoms with van der Waals surface area (Å²) in [7, 11) is 0. The molecule has 0 saturated heterocycles. The third kappa shape index (κ3) is 3.67. The van der Waals surface area contributed by atoms with Gasteiger partial charge in [-0.15, -0.1) is 0 Å². The van der Waals surface area contributed by atoms with Crippen LogP contribution in [-0.4, -0.2) is 20.0 Å². The van der Waals surface area contributed by atoms with Crippen molar-refractivity contribution in [1.82, 2.24) is 4.98 Å². The van der Waals surface area contributed by atoms with Crippen molar-refractivity contribution < 1.29 is 4.55 Å². The van der Waals surface area contributed by atoms with Crippen LogP contribution in [0.2, 0.25) is 5.02 Å². The smallest absolute Gasteiger partial charge is 0.257 e. The van der Waals surface area contributed by atoms with E-state index in [9.17, 15) is 9.35 Å². The molecule has 112 valence electrons. The van der Waals surface area contributed by atoms with Crippen LogP contribution in [0.1, 0.15) is 33.3 Å². The normalized spacial score (nSPS) is 14.5. The zero-order valence-electron chi connectivity index (χ0n) is 12.4. The van der Waals surface area contributed by atoms with Gasteiger partial charge in [-0.1, -0.05) is 16.0 Å². The van der Waals surface area contributed by atoms with Gasteiger partial charge in [0.15, 0.2) is 0 Å². The Morgan fingerprint density at radius 2 is 2.00 bits per heavy atom. The van der Waals surface area contributed by atoms with Gasteiger partial charge in [-0.3, -0.25) is 4.79 Å². The molecular weight excluding hydrogens is 308 g/mol. The van der Waals surface area contributed by atoms with Gasteiger partial charge in [0, 0.05) is 15.9 Å². The number of halogens is 1. The highest BCUT2D eigenvalue weighted by Crippen LogP contribution is 2.20. The maximum absolute atomic E-state index is 12.1. The third-order valence-electron chi connectivity index (χ3n) is 2.94. The van der Waals surface area contributed by atoms with Crippen LogP contribution in [0, 0.1) is 0 Å². The monoisotopic (exact) mass is 324 g/mol. The third-order valence-corrected chi connectivity index (χ3v) is 4.66. The van der Waals surface area contributed by atoms with Crippen LogP contribution in [0.3, 0.4) is 0 Å². The van der Waals surface area contributed by atoms with Crippen LogP contribution in [-0.2, 0) is 11.4 Å². The van der Waals surface area contributed by atoms with Crippen molar-refractivity contribution in [3.63, 3.8) is 0 Å². The second-order valence-electron chi connectivity index (χ2n) is 5.78. The van der Waals surface area contributed by atoms with Crippen LogP contribution >= 0.6 is 11.6 Å². The molecule has 4 nitrogen and oxygen atoms in total. The van der Waals surface area contributed by atoms with Crippen LogP contribution in [0.25, 0.3) is 10.9 Å². The number of H-pyrrole nitrogens is 1. The van der Waals surface area contributed by atoms with Gasteiger partial charge in [0.1, 0.15) is 21.8 Å². The van der Waals surface area contributed by atoms with E-state index in [0.717, 1.165) is 5.39 Å². The van der Waals surface area contributed by atoms with Gasteiger partial charge in [-0.05, 0) is 52.0 Å². The molecular formula is C15H17ClN2O2S. The predicted molar refractivity (Wildman–Crippen MR) is 89.7 cm³/mol. The van der Waals surface area contributed by atoms with E-state index >= 15 is 0 Å². The predicted octanol–water partition coefficient (Wildman–Crippen LogP) is 3.45. The standard InChI is InChI=1S/C15H17ClN2O2S/c1-9(18-21(20)15(2,3)4)12-8-10-7-11(16)5-6-13(10)17-14(12)19/h5-8H,1-4H3,(H,17,19)/b18-9+/t21-/m0/s1. The lowest BCUT2D eigenvalue weighted by Crippen LogP contribution is -2.27. The number of hydrogen-bond acceptors (Lipinski definition) is 3. The number of nitrogens with zero attached hydrogens (tertiary/aromatic N) is 1. The topological polar surface area (TPSA) is 68.3 Å². The van der Waals surface area contributed by atoms with Gasteiger partial charge < -0.3 is 9.54 Å². The average Bonchev–Trinajstić information content (AvgIpc) is 2.37. The molecule has 0 saturated carbocycles. The fraction of sp³-hybridized carbons (Fsp3) is 0.333. The molecule has 0 amide bonds. The number of fused-ring (bicyclic) bond motifs is 1. The number of aromatic amines is 1. The van der Waals surface area contributed by atoms with Gasteiger partial charge in [0.2, 0.25) is 0 Å². The average molecular weight is 325 g/mol. The summed E-state index contributed by atoms with van der Waals surface area (Å²) in [6.45, 7) is 7.20. The fourth-order valence-corrected chi connectivity index (χ4v) is 2.56. The SMILES string of the molecule is C/C(=N\[S@@+]([O-])C(C)(C)C)c1cc2cc(Cl)ccc2[nH]c1=O. The van der Waals surface area contributed by atoms with E-state index < -0.39 is 16.1 Å². The molecule has 1 aromatic heterocycles. The Balaban J connectivity index is 2.53. The Morgan fingerprint density at radius 3 is 2.62 bits per heavy atom. The highest BCUT2D eigenvalue weighted by Gasteiger charge is 2.27. The maximum Gasteiger partial charge on any atom is 0.257 e. The lowest BCUT2D eigenvalue weighted by Gasteiger charge is -2.18. The van der Waals surface area contributed by atoms with Crippen molar-refractivity contribution in [1.29, 1.82) is 0 Å². The molecule has 0 unspecified atom stereocenters. The van der Waals surface area contributed by atoms with Crippen molar-refractivity contribution in [3.05, 3.63) is 45.2 Å². The highest BCUT2D eigenvalue weighted by atomic mass is 35.5. The van der Waals surface area contributed by atoms with Crippen molar-refractivity contribution in [2.24, 2.45) is 4.40 Å². The first kappa shape index (κ1) is 16.1. The Bertz CT molecular complexity index is 762. The minimum absolute atomic E-state index is 0.253. The van der Waals surface area contributed by atoms with E-state index in [1.165, 1.54) is 0 Å². The molecule has 0 fully saturated rings. The summed E-state index contributed by atoms with van der Waals surface area (Å²) >= 11 is 4.56. The number of pyridine rings is 1. The molecule has 0 bridgehead atoms. The van der Waals surface area contributed by atoms with E-state index in [4.69, 9.17) is 11.6 Å². The zero-order valence-corrected chi connectivity index (χ0v) is 13.9. The Kier molecular flexibility index (Phi) is 4.46. The Hall–Kier alpha value is -1.30. The lowest BCUT2D eigenvalue weighted by atomic mass is 10.1. The maximum atomic E-state index is 12.1. The molecule has 1 atom stereocenters. The largest absolute Gasteiger partial charge is 0.591 e. The number of aromatic nitrogens is 1. The van der Waals surface area contributed by atoms with Gasteiger partial charge in [0.05, 0.1) is 5.56 Å². The van der Waals surface area contributed by atoms with E-state index in [0.29, 0.717) is 21.8 Å². The molecule has 0 spiro atoms. The van der Waals surface area contributed by atoms with Crippen LogP contribution in [0.5, 0.6) is 0 Å². The van der Waals surface area contributed by atoms with Crippen LogP contribution < -0.4 is 5.56 Å². The summed E-state index contributed by atoms with van der Waals surface area (Å²) in [6, 6.07) is 6.96. The van der Waals surface area contributed by atoms with Gasteiger partial charge in [0.25, 0.3) is 5.56 Å². The van der Waals surface area contributed by atoms with E-state index in [1.54, 1.807) is 31.2 Å². The van der Waals surface area contributed by atoms with Gasteiger partial charge in [-0.2, -0.15) is 0 Å². The molecule has 2 aromatic rings. The summed E-state index contributed by atoms with van der Waals surface area (Å²) in [5, 5.41) is 1.40. The minimum atomic E-state index is -1.41. The first-order chi connectivity index (χ1) is 9.68. The highest BCUT2D eigenvalue weighted by molar-refractivity contribution is 7.91. The van der Waals surface area contributed by atoms with Crippen molar-refractivity contribution in [2.45, 2.75) is 32.4 Å². The second kappa shape index (κ2) is 5.83. The number of rotatable bonds is 2. The van der Waals surface area contributed by atoms with Gasteiger partial charge >= 0.3 is 0 Å². The van der Waals surface area contributed by atoms with Gasteiger partial charge in [-0.25, -0.2) is 0 Å². The van der Waals surface area contributed by atoms with Crippen LogP contribution in [0.4, 0.5) is 0 Å². The van der Waals surface area contributed by atoms with E-state index in [-0.39, 0.29) is 5.56 Å². The molecule has 21 heavy (non-hydrogen) atoms. The molecule has 1 aromatic carbocycles. The molecule has 0 aliphatic rings. The minimum Gasteiger partial charge on any atom is -0.591 e. The molecule has 1 N–H and O–H groups in total. The molecule has 1 heterocycles. The summed E-state index contributed by atoms with van der Waals surface area (Å²) < 4.78 is 15.7.